The Balaban J connectivity index is 1.47. The fraction of sp³-hybridized carbons (Fsp3) is 0.696. The molecule has 0 radical (unpaired) electrons. The van der Waals surface area contributed by atoms with Gasteiger partial charge in [-0.25, -0.2) is 4.79 Å². The lowest BCUT2D eigenvalue weighted by Gasteiger charge is -2.32. The van der Waals surface area contributed by atoms with Crippen LogP contribution in [-0.4, -0.2) is 59.2 Å². The van der Waals surface area contributed by atoms with Gasteiger partial charge in [-0.3, -0.25) is 14.5 Å². The molecule has 2 fully saturated rings. The van der Waals surface area contributed by atoms with Crippen LogP contribution in [0.4, 0.5) is 4.79 Å². The fourth-order valence-corrected chi connectivity index (χ4v) is 4.92. The minimum absolute atomic E-state index is 0.00181. The predicted octanol–water partition coefficient (Wildman–Crippen LogP) is 3.37. The van der Waals surface area contributed by atoms with Crippen molar-refractivity contribution in [2.24, 2.45) is 0 Å². The number of nitrogens with zero attached hydrogens (tertiary/aromatic N) is 1. The highest BCUT2D eigenvalue weighted by atomic mass is 16.2. The number of carbonyl (C=O) groups excluding carboxylic acids is 3. The number of aromatic amines is 1. The summed E-state index contributed by atoms with van der Waals surface area (Å²) in [6.45, 7) is 7.27. The van der Waals surface area contributed by atoms with Crippen molar-refractivity contribution in [1.29, 1.82) is 0 Å². The normalized spacial score (nSPS) is 18.9. The number of hydrogen-bond acceptors (Lipinski definition) is 4. The van der Waals surface area contributed by atoms with Crippen molar-refractivity contribution in [3.05, 3.63) is 22.5 Å². The fourth-order valence-electron chi connectivity index (χ4n) is 4.92. The lowest BCUT2D eigenvalue weighted by molar-refractivity contribution is 0.0899. The van der Waals surface area contributed by atoms with E-state index in [4.69, 9.17) is 0 Å². The third kappa shape index (κ3) is 5.50. The van der Waals surface area contributed by atoms with Gasteiger partial charge in [0, 0.05) is 36.4 Å². The smallest absolute Gasteiger partial charge is 0.315 e. The number of hydrogen-bond donors (Lipinski definition) is 3. The molecule has 0 spiro atoms. The summed E-state index contributed by atoms with van der Waals surface area (Å²) < 4.78 is 0. The summed E-state index contributed by atoms with van der Waals surface area (Å²) in [6, 6.07) is 0.416. The van der Waals surface area contributed by atoms with Gasteiger partial charge >= 0.3 is 6.03 Å². The van der Waals surface area contributed by atoms with Gasteiger partial charge in [0.25, 0.3) is 0 Å². The Labute approximate surface area is 179 Å². The molecule has 2 aliphatic rings. The number of aromatic nitrogens is 1. The topological polar surface area (TPSA) is 94.3 Å². The standard InChI is InChI=1S/C23H36N4O3/c1-4-19-21(16(3)28)15(2)24-22(19)20(29)14-27-12-10-18(11-13-27)26-23(30)25-17-8-6-5-7-9-17/h17-18,24H,4-14H2,1-3H3,(H2,25,26,30). The van der Waals surface area contributed by atoms with Crippen molar-refractivity contribution in [2.45, 2.75) is 84.2 Å². The molecule has 166 valence electrons. The molecule has 1 aliphatic heterocycles. The summed E-state index contributed by atoms with van der Waals surface area (Å²) in [7, 11) is 0. The maximum atomic E-state index is 12.9. The Bertz CT molecular complexity index is 772. The molecular weight excluding hydrogens is 380 g/mol. The summed E-state index contributed by atoms with van der Waals surface area (Å²) in [5.74, 6) is 0.0296. The highest BCUT2D eigenvalue weighted by Crippen LogP contribution is 2.22. The zero-order valence-corrected chi connectivity index (χ0v) is 18.6. The maximum absolute atomic E-state index is 12.9. The summed E-state index contributed by atoms with van der Waals surface area (Å²) in [5, 5.41) is 6.22. The van der Waals surface area contributed by atoms with E-state index in [1.54, 1.807) is 6.92 Å². The lowest BCUT2D eigenvalue weighted by Crippen LogP contribution is -2.50. The number of carbonyl (C=O) groups is 3. The van der Waals surface area contributed by atoms with Crippen LogP contribution < -0.4 is 10.6 Å². The van der Waals surface area contributed by atoms with E-state index in [1.807, 2.05) is 13.8 Å². The van der Waals surface area contributed by atoms with E-state index in [2.05, 4.69) is 20.5 Å². The number of Topliss-reactive ketones (excluding diaryl/α,β-unsaturated/α-hetero) is 2. The zero-order valence-electron chi connectivity index (χ0n) is 18.6. The molecule has 3 rings (SSSR count). The van der Waals surface area contributed by atoms with Gasteiger partial charge in [-0.05, 0) is 51.5 Å². The van der Waals surface area contributed by atoms with E-state index < -0.39 is 0 Å². The molecule has 30 heavy (non-hydrogen) atoms. The molecule has 1 aromatic heterocycles. The number of aryl methyl sites for hydroxylation is 1. The molecule has 2 amide bonds. The molecular formula is C23H36N4O3. The Morgan fingerprint density at radius 1 is 1.00 bits per heavy atom. The molecule has 3 N–H and O–H groups in total. The van der Waals surface area contributed by atoms with Crippen LogP contribution in [0.3, 0.4) is 0 Å². The summed E-state index contributed by atoms with van der Waals surface area (Å²) in [5.41, 5.74) is 2.84. The van der Waals surface area contributed by atoms with Gasteiger partial charge in [0.2, 0.25) is 0 Å². The molecule has 1 saturated carbocycles. The number of H-pyrrole nitrogens is 1. The molecule has 7 nitrogen and oxygen atoms in total. The first-order chi connectivity index (χ1) is 14.4. The maximum Gasteiger partial charge on any atom is 0.315 e. The van der Waals surface area contributed by atoms with Crippen molar-refractivity contribution < 1.29 is 14.4 Å². The van der Waals surface area contributed by atoms with E-state index in [1.165, 1.54) is 19.3 Å². The third-order valence-corrected chi connectivity index (χ3v) is 6.51. The van der Waals surface area contributed by atoms with E-state index in [-0.39, 0.29) is 23.6 Å². The average Bonchev–Trinajstić information content (AvgIpc) is 3.07. The molecule has 1 saturated heterocycles. The van der Waals surface area contributed by atoms with Gasteiger partial charge < -0.3 is 15.6 Å². The number of piperidine rings is 1. The Hall–Kier alpha value is -2.15. The Morgan fingerprint density at radius 2 is 1.60 bits per heavy atom. The predicted molar refractivity (Wildman–Crippen MR) is 117 cm³/mol. The van der Waals surface area contributed by atoms with Crippen LogP contribution in [0.1, 0.15) is 90.9 Å². The highest BCUT2D eigenvalue weighted by Gasteiger charge is 2.26. The quantitative estimate of drug-likeness (QED) is 0.594. The van der Waals surface area contributed by atoms with Crippen molar-refractivity contribution in [1.82, 2.24) is 20.5 Å². The first-order valence-corrected chi connectivity index (χ1v) is 11.4. The SMILES string of the molecule is CCc1c(C(=O)CN2CCC(NC(=O)NC3CCCCC3)CC2)[nH]c(C)c1C(C)=O. The van der Waals surface area contributed by atoms with Crippen LogP contribution in [0, 0.1) is 6.92 Å². The minimum Gasteiger partial charge on any atom is -0.355 e. The molecule has 1 aromatic rings. The van der Waals surface area contributed by atoms with Gasteiger partial charge in [-0.15, -0.1) is 0 Å². The zero-order chi connectivity index (χ0) is 21.7. The van der Waals surface area contributed by atoms with Gasteiger partial charge in [-0.1, -0.05) is 26.2 Å². The van der Waals surface area contributed by atoms with Crippen molar-refractivity contribution in [3.8, 4) is 0 Å². The number of rotatable bonds is 7. The van der Waals surface area contributed by atoms with Gasteiger partial charge in [0.05, 0.1) is 12.2 Å². The van der Waals surface area contributed by atoms with Crippen LogP contribution >= 0.6 is 0 Å². The number of likely N-dealkylation sites (tertiary alicyclic amines) is 1. The van der Waals surface area contributed by atoms with Crippen molar-refractivity contribution >= 4 is 17.6 Å². The second-order valence-corrected chi connectivity index (χ2v) is 8.81. The van der Waals surface area contributed by atoms with Crippen LogP contribution in [0.2, 0.25) is 0 Å². The van der Waals surface area contributed by atoms with Crippen LogP contribution in [0.15, 0.2) is 0 Å². The molecule has 7 heteroatoms. The molecule has 0 atom stereocenters. The molecule has 0 unspecified atom stereocenters. The van der Waals surface area contributed by atoms with E-state index in [0.717, 1.165) is 50.0 Å². The summed E-state index contributed by atoms with van der Waals surface area (Å²) in [4.78, 5) is 42.4. The largest absolute Gasteiger partial charge is 0.355 e. The number of urea groups is 1. The van der Waals surface area contributed by atoms with E-state index in [9.17, 15) is 14.4 Å². The average molecular weight is 417 g/mol. The van der Waals surface area contributed by atoms with Gasteiger partial charge in [-0.2, -0.15) is 0 Å². The monoisotopic (exact) mass is 416 g/mol. The van der Waals surface area contributed by atoms with Crippen molar-refractivity contribution in [2.75, 3.05) is 19.6 Å². The third-order valence-electron chi connectivity index (χ3n) is 6.51. The summed E-state index contributed by atoms with van der Waals surface area (Å²) in [6.07, 6.45) is 8.17. The first-order valence-electron chi connectivity index (χ1n) is 11.4. The van der Waals surface area contributed by atoms with Crippen LogP contribution in [0.25, 0.3) is 0 Å². The van der Waals surface area contributed by atoms with Crippen LogP contribution in [-0.2, 0) is 6.42 Å². The number of nitrogens with one attached hydrogen (secondary N) is 3. The Morgan fingerprint density at radius 3 is 2.17 bits per heavy atom. The minimum atomic E-state index is -0.0531. The Kier molecular flexibility index (Phi) is 7.69. The molecule has 0 bridgehead atoms. The van der Waals surface area contributed by atoms with E-state index in [0.29, 0.717) is 30.3 Å². The highest BCUT2D eigenvalue weighted by molar-refractivity contribution is 6.04. The van der Waals surface area contributed by atoms with Gasteiger partial charge in [0.15, 0.2) is 11.6 Å². The second-order valence-electron chi connectivity index (χ2n) is 8.81. The number of ketones is 2. The number of amides is 2. The van der Waals surface area contributed by atoms with Gasteiger partial charge in [0.1, 0.15) is 0 Å². The van der Waals surface area contributed by atoms with Crippen molar-refractivity contribution in [3.63, 3.8) is 0 Å². The van der Waals surface area contributed by atoms with E-state index >= 15 is 0 Å². The second kappa shape index (κ2) is 10.2. The lowest BCUT2D eigenvalue weighted by atomic mass is 9.96. The molecule has 2 heterocycles. The van der Waals surface area contributed by atoms with Crippen LogP contribution in [0.5, 0.6) is 0 Å². The molecule has 1 aliphatic carbocycles. The summed E-state index contributed by atoms with van der Waals surface area (Å²) >= 11 is 0. The molecule has 0 aromatic carbocycles. The first kappa shape index (κ1) is 22.5.